The van der Waals surface area contributed by atoms with Crippen LogP contribution in [0.1, 0.15) is 52.0 Å². The third-order valence-electron chi connectivity index (χ3n) is 4.11. The molecule has 0 unspecified atom stereocenters. The number of ether oxygens (including phenoxy) is 1. The van der Waals surface area contributed by atoms with E-state index in [0.717, 1.165) is 31.7 Å². The summed E-state index contributed by atoms with van der Waals surface area (Å²) in [7, 11) is -2.52. The summed E-state index contributed by atoms with van der Waals surface area (Å²) in [6.45, 7) is 11.3. The molecule has 0 aromatic heterocycles. The van der Waals surface area contributed by atoms with E-state index in [9.17, 15) is 4.79 Å². The van der Waals surface area contributed by atoms with Gasteiger partial charge in [0, 0.05) is 30.9 Å². The molecule has 5 heteroatoms. The maximum atomic E-state index is 11.7. The van der Waals surface area contributed by atoms with E-state index in [-0.39, 0.29) is 5.97 Å². The molecule has 0 saturated carbocycles. The van der Waals surface area contributed by atoms with Gasteiger partial charge in [-0.3, -0.25) is 0 Å². The van der Waals surface area contributed by atoms with Crippen LogP contribution in [0.5, 0.6) is 0 Å². The minimum absolute atomic E-state index is 0.309. The molecule has 0 fully saturated rings. The molecule has 26 heavy (non-hydrogen) atoms. The molecule has 146 valence electrons. The van der Waals surface area contributed by atoms with Gasteiger partial charge in [0.1, 0.15) is 0 Å². The highest BCUT2D eigenvalue weighted by Gasteiger charge is 2.38. The fourth-order valence-corrected chi connectivity index (χ4v) is 5.57. The Bertz CT molecular complexity index is 520. The van der Waals surface area contributed by atoms with Crippen molar-refractivity contribution in [1.82, 2.24) is 0 Å². The lowest BCUT2D eigenvalue weighted by Gasteiger charge is -2.31. The molecule has 0 amide bonds. The Morgan fingerprint density at radius 2 is 1.58 bits per heavy atom. The molecule has 0 N–H and O–H groups in total. The van der Waals surface area contributed by atoms with Gasteiger partial charge in [0.15, 0.2) is 0 Å². The highest BCUT2D eigenvalue weighted by atomic mass is 28.4. The van der Waals surface area contributed by atoms with Gasteiger partial charge < -0.3 is 13.6 Å². The molecule has 1 aromatic carbocycles. The van der Waals surface area contributed by atoms with Crippen molar-refractivity contribution in [3.05, 3.63) is 48.0 Å². The lowest BCUT2D eigenvalue weighted by molar-refractivity contribution is -0.138. The summed E-state index contributed by atoms with van der Waals surface area (Å²) in [5.74, 6) is -0.352. The van der Waals surface area contributed by atoms with E-state index in [0.29, 0.717) is 31.4 Å². The van der Waals surface area contributed by atoms with Gasteiger partial charge >= 0.3 is 14.5 Å². The number of hydrogen-bond acceptors (Lipinski definition) is 4. The number of carbonyl (C=O) groups excluding carboxylic acids is 1. The number of carbonyl (C=O) groups is 1. The van der Waals surface area contributed by atoms with Crippen LogP contribution in [0.25, 0.3) is 0 Å². The van der Waals surface area contributed by atoms with Gasteiger partial charge in [0.2, 0.25) is 0 Å². The molecule has 0 atom stereocenters. The van der Waals surface area contributed by atoms with E-state index in [2.05, 4.69) is 32.6 Å². The largest absolute Gasteiger partial charge is 0.462 e. The normalized spacial score (nSPS) is 11.3. The second kappa shape index (κ2) is 12.8. The molecule has 0 aliphatic carbocycles. The quantitative estimate of drug-likeness (QED) is 0.199. The summed E-state index contributed by atoms with van der Waals surface area (Å²) in [6, 6.07) is 11.7. The first kappa shape index (κ1) is 22.6. The van der Waals surface area contributed by atoms with Crippen LogP contribution in [-0.2, 0) is 24.4 Å². The Labute approximate surface area is 159 Å². The van der Waals surface area contributed by atoms with Crippen LogP contribution in [0.2, 0.25) is 6.04 Å². The first-order valence-corrected chi connectivity index (χ1v) is 11.9. The van der Waals surface area contributed by atoms with Crippen molar-refractivity contribution in [2.24, 2.45) is 0 Å². The average Bonchev–Trinajstić information content (AvgIpc) is 2.63. The van der Waals surface area contributed by atoms with Crippen molar-refractivity contribution >= 4 is 14.5 Å². The van der Waals surface area contributed by atoms with Crippen LogP contribution in [0.4, 0.5) is 0 Å². The predicted octanol–water partition coefficient (Wildman–Crippen LogP) is 4.96. The van der Waals surface area contributed by atoms with Gasteiger partial charge in [-0.2, -0.15) is 0 Å². The molecule has 4 nitrogen and oxygen atoms in total. The summed E-state index contributed by atoms with van der Waals surface area (Å²) in [4.78, 5) is 11.7. The van der Waals surface area contributed by atoms with E-state index in [4.69, 9.17) is 13.6 Å². The molecule has 0 radical (unpaired) electrons. The van der Waals surface area contributed by atoms with Crippen molar-refractivity contribution in [2.75, 3.05) is 19.8 Å². The van der Waals surface area contributed by atoms with Crippen molar-refractivity contribution < 1.29 is 18.4 Å². The topological polar surface area (TPSA) is 44.8 Å². The predicted molar refractivity (Wildman–Crippen MR) is 108 cm³/mol. The molecule has 0 bridgehead atoms. The van der Waals surface area contributed by atoms with Gasteiger partial charge in [-0.25, -0.2) is 4.79 Å². The molecule has 0 spiro atoms. The van der Waals surface area contributed by atoms with Gasteiger partial charge in [0.05, 0.1) is 6.61 Å². The second-order valence-electron chi connectivity index (χ2n) is 6.64. The van der Waals surface area contributed by atoms with E-state index in [1.165, 1.54) is 5.56 Å². The third-order valence-corrected chi connectivity index (χ3v) is 7.48. The fraction of sp³-hybridized carbons (Fsp3) is 0.571. The molecule has 0 aliphatic heterocycles. The summed E-state index contributed by atoms with van der Waals surface area (Å²) in [6.07, 6.45) is 4.17. The van der Waals surface area contributed by atoms with E-state index in [1.807, 2.05) is 18.2 Å². The van der Waals surface area contributed by atoms with E-state index >= 15 is 0 Å². The van der Waals surface area contributed by atoms with Gasteiger partial charge in [-0.1, -0.05) is 63.6 Å². The molecule has 0 heterocycles. The summed E-state index contributed by atoms with van der Waals surface area (Å²) >= 11 is 0. The zero-order valence-corrected chi connectivity index (χ0v) is 17.6. The number of esters is 1. The van der Waals surface area contributed by atoms with Crippen LogP contribution in [-0.4, -0.2) is 34.4 Å². The summed E-state index contributed by atoms with van der Waals surface area (Å²) in [5, 5.41) is 0. The van der Waals surface area contributed by atoms with E-state index in [1.54, 1.807) is 6.92 Å². The molecular formula is C21H34O4Si. The Kier molecular flexibility index (Phi) is 11.2. The Morgan fingerprint density at radius 3 is 2.08 bits per heavy atom. The van der Waals surface area contributed by atoms with Crippen LogP contribution >= 0.6 is 0 Å². The Balaban J connectivity index is 2.86. The van der Waals surface area contributed by atoms with Gasteiger partial charge in [0.25, 0.3) is 0 Å². The standard InChI is InChI=1S/C21H34O4Si/c1-5-7-14-24-26(25-15-8-6-2,17-16-23-21(22)19(3)4)18-20-12-10-9-11-13-20/h9-13H,3,5-8,14-18H2,1-2,4H3. The first-order chi connectivity index (χ1) is 12.5. The fourth-order valence-electron chi connectivity index (χ4n) is 2.51. The third kappa shape index (κ3) is 8.78. The smallest absolute Gasteiger partial charge is 0.346 e. The lowest BCUT2D eigenvalue weighted by Crippen LogP contribution is -2.46. The molecule has 0 aliphatic rings. The van der Waals surface area contributed by atoms with Crippen LogP contribution in [0.3, 0.4) is 0 Å². The molecule has 0 saturated heterocycles. The number of rotatable bonds is 14. The Hall–Kier alpha value is -1.43. The van der Waals surface area contributed by atoms with Gasteiger partial charge in [-0.15, -0.1) is 0 Å². The summed E-state index contributed by atoms with van der Waals surface area (Å²) in [5.41, 5.74) is 1.62. The van der Waals surface area contributed by atoms with Crippen molar-refractivity contribution in [3.63, 3.8) is 0 Å². The first-order valence-electron chi connectivity index (χ1n) is 9.67. The molecule has 1 aromatic rings. The molecular weight excluding hydrogens is 344 g/mol. The van der Waals surface area contributed by atoms with E-state index < -0.39 is 8.56 Å². The number of benzene rings is 1. The monoisotopic (exact) mass is 378 g/mol. The van der Waals surface area contributed by atoms with Crippen molar-refractivity contribution in [3.8, 4) is 0 Å². The van der Waals surface area contributed by atoms with Crippen molar-refractivity contribution in [2.45, 2.75) is 58.5 Å². The Morgan fingerprint density at radius 1 is 1.00 bits per heavy atom. The average molecular weight is 379 g/mol. The SMILES string of the molecule is C=C(C)C(=O)OCC[Si](Cc1ccccc1)(OCCCC)OCCCC. The minimum Gasteiger partial charge on any atom is -0.462 e. The summed E-state index contributed by atoms with van der Waals surface area (Å²) < 4.78 is 18.1. The zero-order chi connectivity index (χ0) is 19.3. The van der Waals surface area contributed by atoms with Crippen molar-refractivity contribution in [1.29, 1.82) is 0 Å². The maximum Gasteiger partial charge on any atom is 0.346 e. The molecule has 1 rings (SSSR count). The lowest BCUT2D eigenvalue weighted by atomic mass is 10.2. The van der Waals surface area contributed by atoms with Gasteiger partial charge in [-0.05, 0) is 25.3 Å². The second-order valence-corrected chi connectivity index (χ2v) is 9.90. The van der Waals surface area contributed by atoms with Crippen LogP contribution in [0.15, 0.2) is 42.5 Å². The number of hydrogen-bond donors (Lipinski definition) is 0. The van der Waals surface area contributed by atoms with Crippen LogP contribution < -0.4 is 0 Å². The highest BCUT2D eigenvalue weighted by Crippen LogP contribution is 2.22. The number of unbranched alkanes of at least 4 members (excludes halogenated alkanes) is 2. The highest BCUT2D eigenvalue weighted by molar-refractivity contribution is 6.67. The van der Waals surface area contributed by atoms with Crippen LogP contribution in [0, 0.1) is 0 Å². The zero-order valence-electron chi connectivity index (χ0n) is 16.6. The minimum atomic E-state index is -2.52. The maximum absolute atomic E-state index is 11.7.